The van der Waals surface area contributed by atoms with Crippen LogP contribution in [0.5, 0.6) is 11.5 Å². The third-order valence-corrected chi connectivity index (χ3v) is 3.73. The van der Waals surface area contributed by atoms with Crippen LogP contribution in [-0.2, 0) is 6.54 Å². The second kappa shape index (κ2) is 6.25. The van der Waals surface area contributed by atoms with E-state index < -0.39 is 0 Å². The molecule has 0 unspecified atom stereocenters. The molecule has 0 amide bonds. The van der Waals surface area contributed by atoms with Crippen LogP contribution in [-0.4, -0.2) is 23.8 Å². The average molecular weight is 386 g/mol. The Labute approximate surface area is 130 Å². The van der Waals surface area contributed by atoms with Gasteiger partial charge in [0.25, 0.3) is 5.56 Å². The summed E-state index contributed by atoms with van der Waals surface area (Å²) in [5.74, 6) is 2.00. The standard InChI is InChI=1S/C14H15IN2O3/c1-9-16-7-11(15)14(18)17(9)8-10-4-5-12(19-2)13(6-10)20-3/h4-7H,8H2,1-3H3. The zero-order valence-corrected chi connectivity index (χ0v) is 13.7. The monoisotopic (exact) mass is 386 g/mol. The van der Waals surface area contributed by atoms with Gasteiger partial charge in [-0.1, -0.05) is 6.07 Å². The minimum atomic E-state index is -0.0344. The first-order chi connectivity index (χ1) is 9.56. The first-order valence-corrected chi connectivity index (χ1v) is 7.07. The van der Waals surface area contributed by atoms with Gasteiger partial charge in [0.1, 0.15) is 5.82 Å². The highest BCUT2D eigenvalue weighted by Crippen LogP contribution is 2.27. The molecule has 20 heavy (non-hydrogen) atoms. The molecule has 6 heteroatoms. The highest BCUT2D eigenvalue weighted by atomic mass is 127. The van der Waals surface area contributed by atoms with Gasteiger partial charge in [-0.25, -0.2) is 4.98 Å². The fraction of sp³-hybridized carbons (Fsp3) is 0.286. The number of rotatable bonds is 4. The fourth-order valence-electron chi connectivity index (χ4n) is 1.90. The molecule has 0 fully saturated rings. The molecule has 0 saturated heterocycles. The lowest BCUT2D eigenvalue weighted by Crippen LogP contribution is -2.26. The molecule has 2 rings (SSSR count). The van der Waals surface area contributed by atoms with Crippen LogP contribution in [0, 0.1) is 10.5 Å². The van der Waals surface area contributed by atoms with Crippen LogP contribution in [0.1, 0.15) is 11.4 Å². The Balaban J connectivity index is 2.40. The largest absolute Gasteiger partial charge is 0.493 e. The maximum absolute atomic E-state index is 12.1. The number of aromatic nitrogens is 2. The van der Waals surface area contributed by atoms with Crippen molar-refractivity contribution < 1.29 is 9.47 Å². The van der Waals surface area contributed by atoms with Gasteiger partial charge in [0.15, 0.2) is 11.5 Å². The van der Waals surface area contributed by atoms with Crippen molar-refractivity contribution in [3.8, 4) is 11.5 Å². The maximum Gasteiger partial charge on any atom is 0.267 e. The summed E-state index contributed by atoms with van der Waals surface area (Å²) in [6.45, 7) is 2.27. The molecule has 0 aliphatic rings. The molecule has 0 atom stereocenters. The van der Waals surface area contributed by atoms with Crippen molar-refractivity contribution in [3.63, 3.8) is 0 Å². The lowest BCUT2D eigenvalue weighted by Gasteiger charge is -2.12. The average Bonchev–Trinajstić information content (AvgIpc) is 2.47. The van der Waals surface area contributed by atoms with Gasteiger partial charge in [-0.2, -0.15) is 0 Å². The SMILES string of the molecule is COc1ccc(Cn2c(C)ncc(I)c2=O)cc1OC. The Bertz CT molecular complexity index is 683. The highest BCUT2D eigenvalue weighted by molar-refractivity contribution is 14.1. The van der Waals surface area contributed by atoms with E-state index in [0.29, 0.717) is 27.4 Å². The summed E-state index contributed by atoms with van der Waals surface area (Å²) in [6, 6.07) is 5.60. The smallest absolute Gasteiger partial charge is 0.267 e. The maximum atomic E-state index is 12.1. The molecular formula is C14H15IN2O3. The van der Waals surface area contributed by atoms with Crippen LogP contribution in [0.25, 0.3) is 0 Å². The molecule has 1 aromatic heterocycles. The van der Waals surface area contributed by atoms with E-state index in [4.69, 9.17) is 9.47 Å². The summed E-state index contributed by atoms with van der Waals surface area (Å²) in [4.78, 5) is 16.3. The zero-order valence-electron chi connectivity index (χ0n) is 11.5. The predicted octanol–water partition coefficient (Wildman–Crippen LogP) is 2.22. The summed E-state index contributed by atoms with van der Waals surface area (Å²) in [5, 5.41) is 0. The van der Waals surface area contributed by atoms with Crippen molar-refractivity contribution in [3.05, 3.63) is 49.7 Å². The van der Waals surface area contributed by atoms with E-state index in [1.165, 1.54) is 0 Å². The number of hydrogen-bond donors (Lipinski definition) is 0. The van der Waals surface area contributed by atoms with Crippen molar-refractivity contribution in [2.24, 2.45) is 0 Å². The van der Waals surface area contributed by atoms with Crippen LogP contribution in [0.2, 0.25) is 0 Å². The van der Waals surface area contributed by atoms with E-state index in [0.717, 1.165) is 5.56 Å². The number of ether oxygens (including phenoxy) is 2. The molecule has 1 aromatic carbocycles. The molecular weight excluding hydrogens is 371 g/mol. The van der Waals surface area contributed by atoms with Crippen molar-refractivity contribution >= 4 is 22.6 Å². The number of halogens is 1. The van der Waals surface area contributed by atoms with E-state index in [2.05, 4.69) is 4.98 Å². The van der Waals surface area contributed by atoms with Crippen molar-refractivity contribution in [2.45, 2.75) is 13.5 Å². The third-order valence-electron chi connectivity index (χ3n) is 2.99. The van der Waals surface area contributed by atoms with Crippen LogP contribution < -0.4 is 15.0 Å². The number of aryl methyl sites for hydroxylation is 1. The van der Waals surface area contributed by atoms with Gasteiger partial charge in [0.2, 0.25) is 0 Å². The van der Waals surface area contributed by atoms with Crippen molar-refractivity contribution in [2.75, 3.05) is 14.2 Å². The molecule has 106 valence electrons. The Morgan fingerprint density at radius 3 is 2.60 bits per heavy atom. The summed E-state index contributed by atoms with van der Waals surface area (Å²) in [7, 11) is 3.18. The molecule has 0 aliphatic carbocycles. The zero-order chi connectivity index (χ0) is 14.7. The molecule has 0 radical (unpaired) electrons. The lowest BCUT2D eigenvalue weighted by molar-refractivity contribution is 0.354. The van der Waals surface area contributed by atoms with Gasteiger partial charge >= 0.3 is 0 Å². The minimum absolute atomic E-state index is 0.0344. The van der Waals surface area contributed by atoms with Crippen LogP contribution in [0.15, 0.2) is 29.2 Å². The molecule has 5 nitrogen and oxygen atoms in total. The molecule has 0 spiro atoms. The van der Waals surface area contributed by atoms with Gasteiger partial charge in [-0.05, 0) is 47.2 Å². The van der Waals surface area contributed by atoms with Crippen LogP contribution in [0.3, 0.4) is 0 Å². The van der Waals surface area contributed by atoms with E-state index in [-0.39, 0.29) is 5.56 Å². The fourth-order valence-corrected chi connectivity index (χ4v) is 2.33. The molecule has 2 aromatic rings. The minimum Gasteiger partial charge on any atom is -0.493 e. The summed E-state index contributed by atoms with van der Waals surface area (Å²) in [6.07, 6.45) is 1.59. The Morgan fingerprint density at radius 2 is 1.95 bits per heavy atom. The number of nitrogens with zero attached hydrogens (tertiary/aromatic N) is 2. The van der Waals surface area contributed by atoms with Crippen molar-refractivity contribution in [1.29, 1.82) is 0 Å². The van der Waals surface area contributed by atoms with Gasteiger partial charge < -0.3 is 9.47 Å². The van der Waals surface area contributed by atoms with Gasteiger partial charge in [0.05, 0.1) is 24.3 Å². The predicted molar refractivity (Wildman–Crippen MR) is 84.6 cm³/mol. The van der Waals surface area contributed by atoms with Crippen molar-refractivity contribution in [1.82, 2.24) is 9.55 Å². The van der Waals surface area contributed by atoms with E-state index in [1.807, 2.05) is 47.7 Å². The van der Waals surface area contributed by atoms with Gasteiger partial charge in [-0.15, -0.1) is 0 Å². The third kappa shape index (κ3) is 2.95. The first kappa shape index (κ1) is 14.8. The van der Waals surface area contributed by atoms with Gasteiger partial charge in [0, 0.05) is 6.20 Å². The van der Waals surface area contributed by atoms with E-state index in [1.54, 1.807) is 25.0 Å². The highest BCUT2D eigenvalue weighted by Gasteiger charge is 2.09. The normalized spacial score (nSPS) is 10.4. The Hall–Kier alpha value is -1.57. The van der Waals surface area contributed by atoms with Gasteiger partial charge in [-0.3, -0.25) is 9.36 Å². The summed E-state index contributed by atoms with van der Waals surface area (Å²) in [5.41, 5.74) is 0.921. The van der Waals surface area contributed by atoms with E-state index in [9.17, 15) is 4.79 Å². The second-order valence-electron chi connectivity index (χ2n) is 4.23. The Kier molecular flexibility index (Phi) is 4.64. The number of hydrogen-bond acceptors (Lipinski definition) is 4. The summed E-state index contributed by atoms with van der Waals surface area (Å²) >= 11 is 1.99. The first-order valence-electron chi connectivity index (χ1n) is 5.99. The molecule has 1 heterocycles. The number of benzene rings is 1. The lowest BCUT2D eigenvalue weighted by atomic mass is 10.2. The summed E-state index contributed by atoms with van der Waals surface area (Å²) < 4.78 is 12.7. The van der Waals surface area contributed by atoms with E-state index >= 15 is 0 Å². The Morgan fingerprint density at radius 1 is 1.25 bits per heavy atom. The molecule has 0 bridgehead atoms. The van der Waals surface area contributed by atoms with Crippen LogP contribution >= 0.6 is 22.6 Å². The molecule has 0 N–H and O–H groups in total. The quantitative estimate of drug-likeness (QED) is 0.757. The van der Waals surface area contributed by atoms with Crippen LogP contribution in [0.4, 0.5) is 0 Å². The second-order valence-corrected chi connectivity index (χ2v) is 5.40. The molecule has 0 aliphatic heterocycles. The molecule has 0 saturated carbocycles. The topological polar surface area (TPSA) is 53.4 Å². The number of methoxy groups -OCH3 is 2.